The third kappa shape index (κ3) is 3.58. The van der Waals surface area contributed by atoms with Crippen molar-refractivity contribution in [2.24, 2.45) is 0 Å². The molecule has 0 saturated carbocycles. The summed E-state index contributed by atoms with van der Waals surface area (Å²) in [5, 5.41) is 9.28. The molecule has 5 rings (SSSR count). The second-order valence-electron chi connectivity index (χ2n) is 6.91. The molecular weight excluding hydrogens is 404 g/mol. The number of benzene rings is 2. The summed E-state index contributed by atoms with van der Waals surface area (Å²) in [6.45, 7) is 3.67. The minimum absolute atomic E-state index is 0.0812. The fraction of sp³-hybridized carbons (Fsp3) is 0.227. The van der Waals surface area contributed by atoms with Crippen LogP contribution in [0.25, 0.3) is 23.0 Å². The van der Waals surface area contributed by atoms with Crippen molar-refractivity contribution in [3.05, 3.63) is 70.9 Å². The lowest BCUT2D eigenvalue weighted by Crippen LogP contribution is -2.21. The Bertz CT molecular complexity index is 1170. The second-order valence-corrected chi connectivity index (χ2v) is 7.31. The fourth-order valence-corrected chi connectivity index (χ4v) is 3.68. The number of nitrogens with zero attached hydrogens (tertiary/aromatic N) is 4. The number of fused-ring (bicyclic) bond motifs is 1. The molecule has 0 saturated heterocycles. The summed E-state index contributed by atoms with van der Waals surface area (Å²) in [6, 6.07) is 17.3. The normalized spacial score (nSPS) is 15.7. The predicted octanol–water partition coefficient (Wildman–Crippen LogP) is 4.92. The van der Waals surface area contributed by atoms with Gasteiger partial charge in [-0.1, -0.05) is 41.0 Å². The standard InChI is InChI=1S/C22H19ClN4O3/c1-2-28-16-9-7-14(8-10-16)20-12-27-15(13-29-20)11-19(25-27)22-24-21(26-30-22)17-5-3-4-6-18(17)23/h3-11,20H,2,12-13H2,1H3/t20-/m0/s1. The molecule has 2 aromatic carbocycles. The quantitative estimate of drug-likeness (QED) is 0.454. The molecule has 152 valence electrons. The summed E-state index contributed by atoms with van der Waals surface area (Å²) in [6.07, 6.45) is -0.0812. The van der Waals surface area contributed by atoms with Crippen LogP contribution in [0.15, 0.2) is 59.1 Å². The molecule has 3 heterocycles. The van der Waals surface area contributed by atoms with E-state index in [0.29, 0.717) is 42.2 Å². The first kappa shape index (κ1) is 18.8. The number of aromatic nitrogens is 4. The molecule has 0 amide bonds. The van der Waals surface area contributed by atoms with Crippen LogP contribution < -0.4 is 4.74 Å². The van der Waals surface area contributed by atoms with Crippen LogP contribution in [-0.2, 0) is 17.9 Å². The summed E-state index contributed by atoms with van der Waals surface area (Å²) in [5.41, 5.74) is 3.38. The molecule has 0 bridgehead atoms. The van der Waals surface area contributed by atoms with Crippen molar-refractivity contribution in [1.29, 1.82) is 0 Å². The zero-order chi connectivity index (χ0) is 20.5. The van der Waals surface area contributed by atoms with E-state index < -0.39 is 0 Å². The first-order chi connectivity index (χ1) is 14.7. The largest absolute Gasteiger partial charge is 0.494 e. The van der Waals surface area contributed by atoms with Gasteiger partial charge < -0.3 is 14.0 Å². The molecular formula is C22H19ClN4O3. The van der Waals surface area contributed by atoms with Gasteiger partial charge in [-0.3, -0.25) is 4.68 Å². The van der Waals surface area contributed by atoms with Gasteiger partial charge in [-0.25, -0.2) is 0 Å². The Hall–Kier alpha value is -3.16. The van der Waals surface area contributed by atoms with E-state index >= 15 is 0 Å². The van der Waals surface area contributed by atoms with Gasteiger partial charge in [0.2, 0.25) is 5.82 Å². The van der Waals surface area contributed by atoms with E-state index in [1.54, 1.807) is 6.07 Å². The summed E-state index contributed by atoms with van der Waals surface area (Å²) in [5.74, 6) is 1.64. The SMILES string of the molecule is CCOc1ccc([C@@H]2Cn3nc(-c4nc(-c5ccccc5Cl)no4)cc3CO2)cc1. The number of hydrogen-bond acceptors (Lipinski definition) is 6. The first-order valence-corrected chi connectivity index (χ1v) is 10.1. The van der Waals surface area contributed by atoms with E-state index in [9.17, 15) is 0 Å². The van der Waals surface area contributed by atoms with Crippen molar-refractivity contribution in [2.75, 3.05) is 6.61 Å². The Morgan fingerprint density at radius 3 is 2.80 bits per heavy atom. The summed E-state index contributed by atoms with van der Waals surface area (Å²) in [7, 11) is 0. The second kappa shape index (κ2) is 7.93. The molecule has 1 atom stereocenters. The van der Waals surface area contributed by atoms with Crippen LogP contribution in [0.3, 0.4) is 0 Å². The topological polar surface area (TPSA) is 75.2 Å². The van der Waals surface area contributed by atoms with E-state index in [4.69, 9.17) is 25.6 Å². The van der Waals surface area contributed by atoms with E-state index in [0.717, 1.165) is 22.6 Å². The molecule has 0 N–H and O–H groups in total. The molecule has 0 unspecified atom stereocenters. The van der Waals surface area contributed by atoms with Crippen LogP contribution >= 0.6 is 11.6 Å². The van der Waals surface area contributed by atoms with Gasteiger partial charge in [0.15, 0.2) is 5.69 Å². The maximum absolute atomic E-state index is 6.23. The lowest BCUT2D eigenvalue weighted by atomic mass is 10.1. The van der Waals surface area contributed by atoms with Crippen molar-refractivity contribution in [1.82, 2.24) is 19.9 Å². The van der Waals surface area contributed by atoms with E-state index in [-0.39, 0.29) is 6.10 Å². The summed E-state index contributed by atoms with van der Waals surface area (Å²) < 4.78 is 18.9. The highest BCUT2D eigenvalue weighted by Crippen LogP contribution is 2.31. The molecule has 8 heteroatoms. The minimum Gasteiger partial charge on any atom is -0.494 e. The van der Waals surface area contributed by atoms with Crippen molar-refractivity contribution in [3.63, 3.8) is 0 Å². The molecule has 0 aliphatic carbocycles. The van der Waals surface area contributed by atoms with Crippen LogP contribution in [0.2, 0.25) is 5.02 Å². The Kier molecular flexibility index (Phi) is 4.98. The number of ether oxygens (including phenoxy) is 2. The third-order valence-electron chi connectivity index (χ3n) is 4.96. The summed E-state index contributed by atoms with van der Waals surface area (Å²) >= 11 is 6.23. The van der Waals surface area contributed by atoms with Gasteiger partial charge in [0.25, 0.3) is 5.89 Å². The number of rotatable bonds is 5. The molecule has 2 aromatic heterocycles. The Labute approximate surface area is 178 Å². The van der Waals surface area contributed by atoms with Gasteiger partial charge in [-0.2, -0.15) is 10.1 Å². The lowest BCUT2D eigenvalue weighted by molar-refractivity contribution is -0.00115. The number of hydrogen-bond donors (Lipinski definition) is 0. The highest BCUT2D eigenvalue weighted by Gasteiger charge is 2.24. The van der Waals surface area contributed by atoms with Gasteiger partial charge in [0, 0.05) is 5.56 Å². The van der Waals surface area contributed by atoms with Crippen molar-refractivity contribution in [3.8, 4) is 28.7 Å². The van der Waals surface area contributed by atoms with Crippen LogP contribution in [0.4, 0.5) is 0 Å². The molecule has 4 aromatic rings. The van der Waals surface area contributed by atoms with E-state index in [2.05, 4.69) is 15.2 Å². The highest BCUT2D eigenvalue weighted by atomic mass is 35.5. The Balaban J connectivity index is 1.36. The van der Waals surface area contributed by atoms with Gasteiger partial charge in [-0.15, -0.1) is 0 Å². The zero-order valence-corrected chi connectivity index (χ0v) is 17.0. The van der Waals surface area contributed by atoms with E-state index in [1.807, 2.05) is 60.1 Å². The maximum atomic E-state index is 6.23. The summed E-state index contributed by atoms with van der Waals surface area (Å²) in [4.78, 5) is 4.47. The van der Waals surface area contributed by atoms with Crippen molar-refractivity contribution < 1.29 is 14.0 Å². The van der Waals surface area contributed by atoms with Crippen LogP contribution in [0.5, 0.6) is 5.75 Å². The average molecular weight is 423 g/mol. The van der Waals surface area contributed by atoms with Gasteiger partial charge in [0.05, 0.1) is 30.5 Å². The first-order valence-electron chi connectivity index (χ1n) is 9.71. The molecule has 0 spiro atoms. The molecule has 1 aliphatic rings. The Morgan fingerprint density at radius 2 is 2.00 bits per heavy atom. The maximum Gasteiger partial charge on any atom is 0.278 e. The lowest BCUT2D eigenvalue weighted by Gasteiger charge is -2.24. The predicted molar refractivity (Wildman–Crippen MR) is 111 cm³/mol. The smallest absolute Gasteiger partial charge is 0.278 e. The molecule has 1 aliphatic heterocycles. The fourth-order valence-electron chi connectivity index (χ4n) is 3.46. The molecule has 0 fully saturated rings. The molecule has 7 nitrogen and oxygen atoms in total. The van der Waals surface area contributed by atoms with Crippen molar-refractivity contribution in [2.45, 2.75) is 26.2 Å². The number of halogens is 1. The van der Waals surface area contributed by atoms with Crippen LogP contribution in [0.1, 0.15) is 24.3 Å². The van der Waals surface area contributed by atoms with Gasteiger partial charge in [-0.05, 0) is 42.8 Å². The van der Waals surface area contributed by atoms with Gasteiger partial charge in [0.1, 0.15) is 11.9 Å². The van der Waals surface area contributed by atoms with Crippen LogP contribution in [0, 0.1) is 0 Å². The van der Waals surface area contributed by atoms with Gasteiger partial charge >= 0.3 is 0 Å². The Morgan fingerprint density at radius 1 is 1.17 bits per heavy atom. The highest BCUT2D eigenvalue weighted by molar-refractivity contribution is 6.33. The van der Waals surface area contributed by atoms with Crippen molar-refractivity contribution >= 4 is 11.6 Å². The minimum atomic E-state index is -0.0812. The average Bonchev–Trinajstić information content (AvgIpc) is 3.41. The molecule has 0 radical (unpaired) electrons. The van der Waals surface area contributed by atoms with Crippen LogP contribution in [-0.4, -0.2) is 26.5 Å². The monoisotopic (exact) mass is 422 g/mol. The van der Waals surface area contributed by atoms with E-state index in [1.165, 1.54) is 0 Å². The third-order valence-corrected chi connectivity index (χ3v) is 5.29. The molecule has 30 heavy (non-hydrogen) atoms. The zero-order valence-electron chi connectivity index (χ0n) is 16.3.